The summed E-state index contributed by atoms with van der Waals surface area (Å²) in [5.41, 5.74) is 1.75. The van der Waals surface area contributed by atoms with Crippen LogP contribution in [0.4, 0.5) is 0 Å². The molecule has 0 aliphatic carbocycles. The van der Waals surface area contributed by atoms with E-state index < -0.39 is 0 Å². The number of pyridine rings is 1. The van der Waals surface area contributed by atoms with E-state index >= 15 is 0 Å². The van der Waals surface area contributed by atoms with Gasteiger partial charge < -0.3 is 19.6 Å². The van der Waals surface area contributed by atoms with E-state index in [4.69, 9.17) is 25.9 Å². The average Bonchev–Trinajstić information content (AvgIpc) is 2.66. The van der Waals surface area contributed by atoms with Crippen LogP contribution in [0.15, 0.2) is 42.5 Å². The topological polar surface area (TPSA) is 60.5 Å². The van der Waals surface area contributed by atoms with Crippen molar-refractivity contribution < 1.29 is 14.3 Å². The Morgan fingerprint density at radius 3 is 2.63 bits per heavy atom. The lowest BCUT2D eigenvalue weighted by Crippen LogP contribution is -2.17. The normalized spacial score (nSPS) is 11.4. The molecule has 0 fully saturated rings. The van der Waals surface area contributed by atoms with Crippen molar-refractivity contribution >= 4 is 24.0 Å². The summed E-state index contributed by atoms with van der Waals surface area (Å²) in [7, 11) is 1.92. The standard InChI is InChI=1S/C19H23ClN2O2.C2H4O/c1-4-23-17-10-11-19(18(20)12-17)24-13-16-7-5-6-15(22-16)9-8-14(2)21-3;1-2-3/h5-12,14,21H,4,13H2,1-3H3;2H,1H3/b9-8+;/t14-;/m0./s1. The molecular formula is C21H27ClN2O3. The minimum absolute atomic E-state index is 0.300. The Bertz CT molecular complexity index is 735. The van der Waals surface area contributed by atoms with Crippen molar-refractivity contribution in [1.82, 2.24) is 10.3 Å². The van der Waals surface area contributed by atoms with Crippen molar-refractivity contribution in [3.05, 3.63) is 58.9 Å². The molecule has 0 amide bonds. The molecule has 1 heterocycles. The number of nitrogens with one attached hydrogen (secondary N) is 1. The van der Waals surface area contributed by atoms with E-state index in [9.17, 15) is 0 Å². The number of nitrogens with zero attached hydrogens (tertiary/aromatic N) is 1. The summed E-state index contributed by atoms with van der Waals surface area (Å²) in [6.45, 7) is 6.42. The number of hydrogen-bond acceptors (Lipinski definition) is 5. The van der Waals surface area contributed by atoms with Gasteiger partial charge in [0.25, 0.3) is 0 Å². The Morgan fingerprint density at radius 2 is 2.00 bits per heavy atom. The Kier molecular flexibility index (Phi) is 10.8. The molecule has 0 saturated heterocycles. The van der Waals surface area contributed by atoms with Crippen LogP contribution >= 0.6 is 11.6 Å². The zero-order chi connectivity index (χ0) is 20.1. The SMILES string of the molecule is CC=O.CCOc1ccc(OCc2cccc(/C=C/[C@H](C)NC)n2)c(Cl)c1. The molecule has 27 heavy (non-hydrogen) atoms. The number of benzene rings is 1. The molecule has 5 nitrogen and oxygen atoms in total. The smallest absolute Gasteiger partial charge is 0.138 e. The predicted molar refractivity (Wildman–Crippen MR) is 110 cm³/mol. The minimum Gasteiger partial charge on any atom is -0.494 e. The summed E-state index contributed by atoms with van der Waals surface area (Å²) in [5, 5.41) is 3.68. The Hall–Kier alpha value is -2.37. The number of carbonyl (C=O) groups is 1. The molecule has 0 aliphatic heterocycles. The Balaban J connectivity index is 0.00000114. The predicted octanol–water partition coefficient (Wildman–Crippen LogP) is 4.54. The zero-order valence-electron chi connectivity index (χ0n) is 16.2. The third-order valence-corrected chi connectivity index (χ3v) is 3.72. The average molecular weight is 391 g/mol. The molecule has 0 bridgehead atoms. The highest BCUT2D eigenvalue weighted by Gasteiger charge is 2.05. The largest absolute Gasteiger partial charge is 0.494 e. The van der Waals surface area contributed by atoms with Crippen LogP contribution in [0, 0.1) is 0 Å². The van der Waals surface area contributed by atoms with Crippen LogP contribution in [-0.4, -0.2) is 31.0 Å². The van der Waals surface area contributed by atoms with Crippen molar-refractivity contribution in [3.8, 4) is 11.5 Å². The van der Waals surface area contributed by atoms with Crippen molar-refractivity contribution in [2.75, 3.05) is 13.7 Å². The van der Waals surface area contributed by atoms with Gasteiger partial charge in [-0.3, -0.25) is 0 Å². The zero-order valence-corrected chi connectivity index (χ0v) is 17.0. The number of likely N-dealkylation sites (N-methyl/N-ethyl adjacent to an activating group) is 1. The fourth-order valence-electron chi connectivity index (χ4n) is 2.02. The fourth-order valence-corrected chi connectivity index (χ4v) is 2.24. The molecule has 1 atom stereocenters. The lowest BCUT2D eigenvalue weighted by atomic mass is 10.2. The van der Waals surface area contributed by atoms with Gasteiger partial charge in [0, 0.05) is 12.1 Å². The summed E-state index contributed by atoms with van der Waals surface area (Å²) in [6, 6.07) is 11.6. The van der Waals surface area contributed by atoms with Gasteiger partial charge >= 0.3 is 0 Å². The van der Waals surface area contributed by atoms with Gasteiger partial charge in [0.15, 0.2) is 0 Å². The number of ether oxygens (including phenoxy) is 2. The van der Waals surface area contributed by atoms with Gasteiger partial charge in [0.1, 0.15) is 24.4 Å². The summed E-state index contributed by atoms with van der Waals surface area (Å²) in [5.74, 6) is 1.35. The summed E-state index contributed by atoms with van der Waals surface area (Å²) in [4.78, 5) is 13.4. The maximum atomic E-state index is 8.81. The second-order valence-corrected chi connectivity index (χ2v) is 5.95. The molecule has 0 radical (unpaired) electrons. The van der Waals surface area contributed by atoms with Gasteiger partial charge in [-0.1, -0.05) is 23.7 Å². The number of aldehydes is 1. The second-order valence-electron chi connectivity index (χ2n) is 5.54. The van der Waals surface area contributed by atoms with E-state index in [1.807, 2.05) is 50.4 Å². The fraction of sp³-hybridized carbons (Fsp3) is 0.333. The quantitative estimate of drug-likeness (QED) is 0.670. The molecule has 1 aromatic heterocycles. The monoisotopic (exact) mass is 390 g/mol. The first-order valence-electron chi connectivity index (χ1n) is 8.80. The number of hydrogen-bond donors (Lipinski definition) is 1. The van der Waals surface area contributed by atoms with E-state index in [-0.39, 0.29) is 0 Å². The summed E-state index contributed by atoms with van der Waals surface area (Å²) >= 11 is 6.22. The van der Waals surface area contributed by atoms with E-state index in [1.54, 1.807) is 6.07 Å². The van der Waals surface area contributed by atoms with Gasteiger partial charge in [-0.15, -0.1) is 0 Å². The van der Waals surface area contributed by atoms with E-state index in [0.29, 0.717) is 30.0 Å². The lowest BCUT2D eigenvalue weighted by Gasteiger charge is -2.10. The number of rotatable bonds is 8. The molecule has 2 rings (SSSR count). The van der Waals surface area contributed by atoms with Crippen LogP contribution in [0.2, 0.25) is 5.02 Å². The molecule has 1 N–H and O–H groups in total. The van der Waals surface area contributed by atoms with Crippen molar-refractivity contribution in [2.24, 2.45) is 0 Å². The van der Waals surface area contributed by atoms with Crippen LogP contribution in [0.3, 0.4) is 0 Å². The molecule has 2 aromatic rings. The van der Waals surface area contributed by atoms with E-state index in [0.717, 1.165) is 23.4 Å². The number of halogens is 1. The highest BCUT2D eigenvalue weighted by atomic mass is 35.5. The van der Waals surface area contributed by atoms with Crippen LogP contribution in [0.25, 0.3) is 6.08 Å². The summed E-state index contributed by atoms with van der Waals surface area (Å²) < 4.78 is 11.2. The van der Waals surface area contributed by atoms with Crippen LogP contribution < -0.4 is 14.8 Å². The Labute approximate surface area is 166 Å². The number of carbonyl (C=O) groups excluding carboxylic acids is 1. The molecule has 0 spiro atoms. The maximum absolute atomic E-state index is 8.81. The van der Waals surface area contributed by atoms with Crippen molar-refractivity contribution in [1.29, 1.82) is 0 Å². The molecule has 0 unspecified atom stereocenters. The van der Waals surface area contributed by atoms with Gasteiger partial charge in [-0.2, -0.15) is 0 Å². The Morgan fingerprint density at radius 1 is 1.26 bits per heavy atom. The van der Waals surface area contributed by atoms with Gasteiger partial charge in [-0.25, -0.2) is 4.98 Å². The van der Waals surface area contributed by atoms with Crippen molar-refractivity contribution in [2.45, 2.75) is 33.4 Å². The van der Waals surface area contributed by atoms with E-state index in [1.165, 1.54) is 6.92 Å². The van der Waals surface area contributed by atoms with Crippen LogP contribution in [0.1, 0.15) is 32.2 Å². The first kappa shape index (κ1) is 22.7. The first-order chi connectivity index (χ1) is 13.0. The molecule has 6 heteroatoms. The van der Waals surface area contributed by atoms with Crippen LogP contribution in [-0.2, 0) is 11.4 Å². The molecule has 0 aliphatic rings. The van der Waals surface area contributed by atoms with E-state index in [2.05, 4.69) is 23.3 Å². The highest BCUT2D eigenvalue weighted by Crippen LogP contribution is 2.29. The first-order valence-corrected chi connectivity index (χ1v) is 9.18. The van der Waals surface area contributed by atoms with Crippen LogP contribution in [0.5, 0.6) is 11.5 Å². The van der Waals surface area contributed by atoms with Gasteiger partial charge in [-0.05, 0) is 58.2 Å². The molecule has 146 valence electrons. The number of aromatic nitrogens is 1. The second kappa shape index (κ2) is 12.9. The summed E-state index contributed by atoms with van der Waals surface area (Å²) in [6.07, 6.45) is 4.81. The third kappa shape index (κ3) is 8.71. The van der Waals surface area contributed by atoms with Crippen molar-refractivity contribution in [3.63, 3.8) is 0 Å². The third-order valence-electron chi connectivity index (χ3n) is 3.43. The molecular weight excluding hydrogens is 364 g/mol. The lowest BCUT2D eigenvalue weighted by molar-refractivity contribution is -0.106. The van der Waals surface area contributed by atoms with Gasteiger partial charge in [0.05, 0.1) is 23.0 Å². The molecule has 1 aromatic carbocycles. The highest BCUT2D eigenvalue weighted by molar-refractivity contribution is 6.32. The minimum atomic E-state index is 0.300. The van der Waals surface area contributed by atoms with Gasteiger partial charge in [0.2, 0.25) is 0 Å². The maximum Gasteiger partial charge on any atom is 0.138 e. The molecule has 0 saturated carbocycles.